The van der Waals surface area contributed by atoms with E-state index in [4.69, 9.17) is 13.9 Å². The van der Waals surface area contributed by atoms with Crippen molar-refractivity contribution in [1.29, 1.82) is 0 Å². The Bertz CT molecular complexity index is 1040. The first-order valence-electron chi connectivity index (χ1n) is 9.18. The minimum Gasteiger partial charge on any atom is -0.484 e. The van der Waals surface area contributed by atoms with Gasteiger partial charge in [0.05, 0.1) is 13.2 Å². The molecule has 1 aromatic heterocycles. The van der Waals surface area contributed by atoms with Gasteiger partial charge in [0.15, 0.2) is 6.61 Å². The number of rotatable bonds is 5. The third-order valence-electron chi connectivity index (χ3n) is 4.52. The van der Waals surface area contributed by atoms with E-state index in [1.165, 1.54) is 0 Å². The average molecular weight is 459 g/mol. The predicted molar refractivity (Wildman–Crippen MR) is 111 cm³/mol. The highest BCUT2D eigenvalue weighted by Gasteiger charge is 2.27. The number of fused-ring (bicyclic) bond motifs is 1. The van der Waals surface area contributed by atoms with E-state index >= 15 is 0 Å². The SMILES string of the molecule is O=C(COc1cccc(Br)c1)Nc1c(C(=O)N2CCOCC2)oc2ccccc12. The van der Waals surface area contributed by atoms with E-state index in [-0.39, 0.29) is 24.2 Å². The van der Waals surface area contributed by atoms with E-state index in [0.717, 1.165) is 4.47 Å². The van der Waals surface area contributed by atoms with Crippen LogP contribution >= 0.6 is 15.9 Å². The highest BCUT2D eigenvalue weighted by Crippen LogP contribution is 2.32. The Labute approximate surface area is 175 Å². The number of para-hydroxylation sites is 1. The molecule has 0 unspecified atom stereocenters. The molecule has 0 bridgehead atoms. The Hall–Kier alpha value is -2.84. The van der Waals surface area contributed by atoms with Gasteiger partial charge in [-0.15, -0.1) is 0 Å². The molecule has 2 heterocycles. The van der Waals surface area contributed by atoms with E-state index < -0.39 is 0 Å². The lowest BCUT2D eigenvalue weighted by Crippen LogP contribution is -2.40. The fraction of sp³-hybridized carbons (Fsp3) is 0.238. The number of morpholine rings is 1. The number of carbonyl (C=O) groups excluding carboxylic acids is 2. The molecule has 2 amide bonds. The molecular weight excluding hydrogens is 440 g/mol. The lowest BCUT2D eigenvalue weighted by atomic mass is 10.2. The summed E-state index contributed by atoms with van der Waals surface area (Å²) < 4.78 is 17.5. The zero-order chi connectivity index (χ0) is 20.2. The van der Waals surface area contributed by atoms with Crippen LogP contribution in [0.5, 0.6) is 5.75 Å². The number of ether oxygens (including phenoxy) is 2. The van der Waals surface area contributed by atoms with Crippen molar-refractivity contribution in [2.24, 2.45) is 0 Å². The number of carbonyl (C=O) groups is 2. The zero-order valence-electron chi connectivity index (χ0n) is 15.5. The van der Waals surface area contributed by atoms with Gasteiger partial charge in [-0.05, 0) is 30.3 Å². The molecule has 4 rings (SSSR count). The van der Waals surface area contributed by atoms with Crippen LogP contribution in [0, 0.1) is 0 Å². The van der Waals surface area contributed by atoms with Crippen molar-refractivity contribution < 1.29 is 23.5 Å². The molecule has 0 saturated carbocycles. The van der Waals surface area contributed by atoms with Gasteiger partial charge in [0.25, 0.3) is 11.8 Å². The summed E-state index contributed by atoms with van der Waals surface area (Å²) in [5.74, 6) is 0.0281. The Morgan fingerprint density at radius 1 is 1.10 bits per heavy atom. The molecule has 0 aliphatic carbocycles. The molecule has 7 nitrogen and oxygen atoms in total. The normalized spacial score (nSPS) is 14.0. The molecule has 1 N–H and O–H groups in total. The summed E-state index contributed by atoms with van der Waals surface area (Å²) in [4.78, 5) is 27.2. The molecule has 1 aliphatic rings. The van der Waals surface area contributed by atoms with Crippen LogP contribution in [0.2, 0.25) is 0 Å². The van der Waals surface area contributed by atoms with Gasteiger partial charge in [0, 0.05) is 22.9 Å². The Morgan fingerprint density at radius 2 is 1.90 bits per heavy atom. The van der Waals surface area contributed by atoms with Gasteiger partial charge in [-0.3, -0.25) is 9.59 Å². The van der Waals surface area contributed by atoms with Crippen molar-refractivity contribution in [2.75, 3.05) is 38.2 Å². The van der Waals surface area contributed by atoms with Crippen LogP contribution in [-0.2, 0) is 9.53 Å². The highest BCUT2D eigenvalue weighted by atomic mass is 79.9. The number of hydrogen-bond acceptors (Lipinski definition) is 5. The van der Waals surface area contributed by atoms with Crippen molar-refractivity contribution in [1.82, 2.24) is 4.90 Å². The first-order chi connectivity index (χ1) is 14.1. The maximum absolute atomic E-state index is 13.0. The van der Waals surface area contributed by atoms with Crippen molar-refractivity contribution >= 4 is 44.4 Å². The summed E-state index contributed by atoms with van der Waals surface area (Å²) in [5, 5.41) is 3.46. The molecule has 1 saturated heterocycles. The van der Waals surface area contributed by atoms with E-state index in [1.807, 2.05) is 24.3 Å². The number of halogens is 1. The van der Waals surface area contributed by atoms with Crippen LogP contribution in [0.15, 0.2) is 57.4 Å². The van der Waals surface area contributed by atoms with Gasteiger partial charge in [0.1, 0.15) is 17.0 Å². The summed E-state index contributed by atoms with van der Waals surface area (Å²) >= 11 is 3.36. The average Bonchev–Trinajstić information content (AvgIpc) is 3.11. The van der Waals surface area contributed by atoms with Gasteiger partial charge in [-0.1, -0.05) is 34.1 Å². The molecule has 8 heteroatoms. The molecule has 0 spiro atoms. The van der Waals surface area contributed by atoms with E-state index in [1.54, 1.807) is 29.2 Å². The van der Waals surface area contributed by atoms with Gasteiger partial charge in [0.2, 0.25) is 5.76 Å². The fourth-order valence-electron chi connectivity index (χ4n) is 3.11. The third-order valence-corrected chi connectivity index (χ3v) is 5.01. The van der Waals surface area contributed by atoms with E-state index in [2.05, 4.69) is 21.2 Å². The van der Waals surface area contributed by atoms with Crippen LogP contribution in [0.3, 0.4) is 0 Å². The summed E-state index contributed by atoms with van der Waals surface area (Å²) in [6.07, 6.45) is 0. The third kappa shape index (κ3) is 4.44. The molecule has 2 aromatic carbocycles. The second-order valence-corrected chi connectivity index (χ2v) is 7.42. The molecule has 1 aliphatic heterocycles. The van der Waals surface area contributed by atoms with Crippen LogP contribution < -0.4 is 10.1 Å². The second kappa shape index (κ2) is 8.67. The Kier molecular flexibility index (Phi) is 5.82. The van der Waals surface area contributed by atoms with Crippen LogP contribution in [-0.4, -0.2) is 49.6 Å². The molecular formula is C21H19BrN2O5. The monoisotopic (exact) mass is 458 g/mol. The smallest absolute Gasteiger partial charge is 0.291 e. The maximum Gasteiger partial charge on any atom is 0.291 e. The summed E-state index contributed by atoms with van der Waals surface area (Å²) in [5.41, 5.74) is 0.896. The largest absolute Gasteiger partial charge is 0.484 e. The van der Waals surface area contributed by atoms with Crippen molar-refractivity contribution in [3.63, 3.8) is 0 Å². The number of hydrogen-bond donors (Lipinski definition) is 1. The summed E-state index contributed by atoms with van der Waals surface area (Å²) in [6, 6.07) is 14.4. The predicted octanol–water partition coefficient (Wildman–Crippen LogP) is 3.69. The quantitative estimate of drug-likeness (QED) is 0.630. The summed E-state index contributed by atoms with van der Waals surface area (Å²) in [6.45, 7) is 1.73. The van der Waals surface area contributed by atoms with Crippen molar-refractivity contribution in [3.8, 4) is 5.75 Å². The molecule has 29 heavy (non-hydrogen) atoms. The Morgan fingerprint density at radius 3 is 2.69 bits per heavy atom. The van der Waals surface area contributed by atoms with E-state index in [9.17, 15) is 9.59 Å². The molecule has 1 fully saturated rings. The molecule has 0 radical (unpaired) electrons. The second-order valence-electron chi connectivity index (χ2n) is 6.50. The van der Waals surface area contributed by atoms with E-state index in [0.29, 0.717) is 48.7 Å². The topological polar surface area (TPSA) is 81.0 Å². The van der Waals surface area contributed by atoms with Gasteiger partial charge in [-0.25, -0.2) is 0 Å². The minimum atomic E-state index is -0.382. The molecule has 150 valence electrons. The lowest BCUT2D eigenvalue weighted by Gasteiger charge is -2.26. The first-order valence-corrected chi connectivity index (χ1v) is 9.98. The number of nitrogens with zero attached hydrogens (tertiary/aromatic N) is 1. The lowest BCUT2D eigenvalue weighted by molar-refractivity contribution is -0.118. The standard InChI is InChI=1S/C21H19BrN2O5/c22-14-4-3-5-15(12-14)28-13-18(25)23-19-16-6-1-2-7-17(16)29-20(19)21(26)24-8-10-27-11-9-24/h1-7,12H,8-11,13H2,(H,23,25). The number of benzene rings is 2. The molecule has 0 atom stereocenters. The number of furan rings is 1. The minimum absolute atomic E-state index is 0.115. The van der Waals surface area contributed by atoms with Gasteiger partial charge in [-0.2, -0.15) is 0 Å². The Balaban J connectivity index is 1.55. The van der Waals surface area contributed by atoms with Gasteiger partial charge >= 0.3 is 0 Å². The first kappa shape index (κ1) is 19.5. The van der Waals surface area contributed by atoms with Crippen LogP contribution in [0.25, 0.3) is 11.0 Å². The number of amides is 2. The number of nitrogens with one attached hydrogen (secondary N) is 1. The molecule has 3 aromatic rings. The van der Waals surface area contributed by atoms with Gasteiger partial charge < -0.3 is 24.1 Å². The highest BCUT2D eigenvalue weighted by molar-refractivity contribution is 9.10. The van der Waals surface area contributed by atoms with Crippen LogP contribution in [0.1, 0.15) is 10.6 Å². The summed E-state index contributed by atoms with van der Waals surface area (Å²) in [7, 11) is 0. The van der Waals surface area contributed by atoms with Crippen molar-refractivity contribution in [3.05, 3.63) is 58.8 Å². The van der Waals surface area contributed by atoms with Crippen LogP contribution in [0.4, 0.5) is 5.69 Å². The fourth-order valence-corrected chi connectivity index (χ4v) is 3.49. The van der Waals surface area contributed by atoms with Crippen molar-refractivity contribution in [2.45, 2.75) is 0 Å². The number of anilines is 1. The maximum atomic E-state index is 13.0. The zero-order valence-corrected chi connectivity index (χ0v) is 17.1.